The lowest BCUT2D eigenvalue weighted by atomic mass is 9.82. The van der Waals surface area contributed by atoms with Crippen molar-refractivity contribution in [1.82, 2.24) is 9.97 Å². The van der Waals surface area contributed by atoms with Crippen molar-refractivity contribution in [2.75, 3.05) is 5.32 Å². The Hall–Kier alpha value is -0.870. The minimum absolute atomic E-state index is 0.0291. The lowest BCUT2D eigenvalue weighted by Gasteiger charge is -2.25. The Morgan fingerprint density at radius 1 is 1.28 bits per heavy atom. The summed E-state index contributed by atoms with van der Waals surface area (Å²) >= 11 is 11.7. The summed E-state index contributed by atoms with van der Waals surface area (Å²) < 4.78 is 0. The molecule has 1 aromatic heterocycles. The Kier molecular flexibility index (Phi) is 4.40. The van der Waals surface area contributed by atoms with Gasteiger partial charge in [-0.15, -0.1) is 0 Å². The first-order valence-electron chi connectivity index (χ1n) is 6.04. The number of halogens is 2. The molecule has 1 amide bonds. The number of nitrogens with one attached hydrogen (secondary N) is 1. The van der Waals surface area contributed by atoms with Gasteiger partial charge in [-0.05, 0) is 31.6 Å². The van der Waals surface area contributed by atoms with Crippen molar-refractivity contribution in [2.45, 2.75) is 32.6 Å². The van der Waals surface area contributed by atoms with Gasteiger partial charge in [-0.1, -0.05) is 30.1 Å². The summed E-state index contributed by atoms with van der Waals surface area (Å²) in [6.07, 6.45) is 5.31. The summed E-state index contributed by atoms with van der Waals surface area (Å²) in [5, 5.41) is 3.07. The fraction of sp³-hybridized carbons (Fsp3) is 0.583. The van der Waals surface area contributed by atoms with Gasteiger partial charge < -0.3 is 5.32 Å². The summed E-state index contributed by atoms with van der Waals surface area (Å²) in [5.41, 5.74) is 0. The van der Waals surface area contributed by atoms with Gasteiger partial charge in [-0.3, -0.25) is 4.79 Å². The average molecular weight is 288 g/mol. The zero-order valence-corrected chi connectivity index (χ0v) is 11.6. The molecular formula is C12H15Cl2N3O. The van der Waals surface area contributed by atoms with Gasteiger partial charge in [-0.2, -0.15) is 0 Å². The predicted octanol–water partition coefficient (Wildman–Crippen LogP) is 3.55. The normalized spacial score (nSPS) is 23.7. The number of nitrogens with zero attached hydrogens (tertiary/aromatic N) is 2. The molecule has 6 heteroatoms. The van der Waals surface area contributed by atoms with E-state index < -0.39 is 0 Å². The Morgan fingerprint density at radius 2 is 1.94 bits per heavy atom. The van der Waals surface area contributed by atoms with Gasteiger partial charge in [0.2, 0.25) is 5.91 Å². The molecule has 1 aliphatic carbocycles. The number of aromatic nitrogens is 2. The van der Waals surface area contributed by atoms with E-state index in [1.54, 1.807) is 0 Å². The molecule has 2 rings (SSSR count). The highest BCUT2D eigenvalue weighted by Crippen LogP contribution is 2.30. The highest BCUT2D eigenvalue weighted by atomic mass is 35.5. The van der Waals surface area contributed by atoms with Crippen molar-refractivity contribution in [3.63, 3.8) is 0 Å². The van der Waals surface area contributed by atoms with Crippen molar-refractivity contribution in [3.05, 3.63) is 16.5 Å². The maximum Gasteiger partial charge on any atom is 0.228 e. The minimum atomic E-state index is -0.0291. The van der Waals surface area contributed by atoms with Crippen molar-refractivity contribution in [3.8, 4) is 0 Å². The van der Waals surface area contributed by atoms with E-state index in [0.29, 0.717) is 11.7 Å². The van der Waals surface area contributed by atoms with Crippen molar-refractivity contribution >= 4 is 34.9 Å². The molecule has 0 atom stereocenters. The third kappa shape index (κ3) is 3.12. The van der Waals surface area contributed by atoms with E-state index in [1.807, 2.05) is 0 Å². The number of amides is 1. The lowest BCUT2D eigenvalue weighted by molar-refractivity contribution is -0.121. The molecule has 1 fully saturated rings. The lowest BCUT2D eigenvalue weighted by Crippen LogP contribution is -2.27. The van der Waals surface area contributed by atoms with Crippen molar-refractivity contribution < 1.29 is 4.79 Å². The van der Waals surface area contributed by atoms with Gasteiger partial charge in [0.15, 0.2) is 11.0 Å². The van der Waals surface area contributed by atoms with Gasteiger partial charge in [0.1, 0.15) is 11.3 Å². The van der Waals surface area contributed by atoms with Gasteiger partial charge in [-0.25, -0.2) is 9.97 Å². The number of rotatable bonds is 2. The zero-order valence-electron chi connectivity index (χ0n) is 10.1. The molecule has 0 spiro atoms. The maximum atomic E-state index is 12.1. The molecule has 1 aromatic rings. The third-order valence-corrected chi connectivity index (χ3v) is 4.12. The Morgan fingerprint density at radius 3 is 2.61 bits per heavy atom. The Labute approximate surface area is 116 Å². The van der Waals surface area contributed by atoms with Crippen LogP contribution in [0.25, 0.3) is 0 Å². The standard InChI is InChI=1S/C12H15Cl2N3O/c1-7-2-4-8(5-3-7)12(18)17-11-9(13)10(14)15-6-16-11/h6-8H,2-5H2,1H3,(H,15,16,17,18). The summed E-state index contributed by atoms with van der Waals surface area (Å²) in [6, 6.07) is 0. The van der Waals surface area contributed by atoms with Gasteiger partial charge in [0, 0.05) is 5.92 Å². The molecule has 1 saturated carbocycles. The van der Waals surface area contributed by atoms with E-state index >= 15 is 0 Å². The molecule has 98 valence electrons. The monoisotopic (exact) mass is 287 g/mol. The molecule has 1 heterocycles. The number of hydrogen-bond acceptors (Lipinski definition) is 3. The highest BCUT2D eigenvalue weighted by Gasteiger charge is 2.25. The van der Waals surface area contributed by atoms with Crippen LogP contribution in [0.4, 0.5) is 5.82 Å². The smallest absolute Gasteiger partial charge is 0.228 e. The second-order valence-electron chi connectivity index (χ2n) is 4.77. The molecule has 4 nitrogen and oxygen atoms in total. The van der Waals surface area contributed by atoms with Crippen LogP contribution in [0.5, 0.6) is 0 Å². The second-order valence-corrected chi connectivity index (χ2v) is 5.51. The highest BCUT2D eigenvalue weighted by molar-refractivity contribution is 6.42. The van der Waals surface area contributed by atoms with E-state index in [4.69, 9.17) is 23.2 Å². The van der Waals surface area contributed by atoms with E-state index in [2.05, 4.69) is 22.2 Å². The van der Waals surface area contributed by atoms with Crippen LogP contribution in [0.2, 0.25) is 10.2 Å². The zero-order chi connectivity index (χ0) is 13.1. The first kappa shape index (κ1) is 13.6. The minimum Gasteiger partial charge on any atom is -0.309 e. The fourth-order valence-corrected chi connectivity index (χ4v) is 2.45. The molecule has 0 radical (unpaired) electrons. The van der Waals surface area contributed by atoms with Crippen LogP contribution >= 0.6 is 23.2 Å². The van der Waals surface area contributed by atoms with Crippen LogP contribution < -0.4 is 5.32 Å². The first-order chi connectivity index (χ1) is 8.58. The average Bonchev–Trinajstić information content (AvgIpc) is 2.36. The van der Waals surface area contributed by atoms with Gasteiger partial charge in [0.25, 0.3) is 0 Å². The van der Waals surface area contributed by atoms with Crippen LogP contribution in [0.3, 0.4) is 0 Å². The van der Waals surface area contributed by atoms with Crippen LogP contribution in [0, 0.1) is 11.8 Å². The molecule has 0 aromatic carbocycles. The molecule has 0 bridgehead atoms. The Bertz CT molecular complexity index is 445. The topological polar surface area (TPSA) is 54.9 Å². The summed E-state index contributed by atoms with van der Waals surface area (Å²) in [7, 11) is 0. The van der Waals surface area contributed by atoms with E-state index in [1.165, 1.54) is 6.33 Å². The fourth-order valence-electron chi connectivity index (χ4n) is 2.18. The van der Waals surface area contributed by atoms with Crippen LogP contribution in [0.1, 0.15) is 32.6 Å². The van der Waals surface area contributed by atoms with E-state index in [0.717, 1.165) is 25.7 Å². The van der Waals surface area contributed by atoms with Gasteiger partial charge >= 0.3 is 0 Å². The van der Waals surface area contributed by atoms with E-state index in [-0.39, 0.29) is 22.0 Å². The second kappa shape index (κ2) is 5.85. The molecule has 0 unspecified atom stereocenters. The SMILES string of the molecule is CC1CCC(C(=O)Nc2ncnc(Cl)c2Cl)CC1. The number of carbonyl (C=O) groups is 1. The first-order valence-corrected chi connectivity index (χ1v) is 6.80. The van der Waals surface area contributed by atoms with Crippen molar-refractivity contribution in [2.24, 2.45) is 11.8 Å². The molecule has 18 heavy (non-hydrogen) atoms. The van der Waals surface area contributed by atoms with Crippen LogP contribution in [0.15, 0.2) is 6.33 Å². The predicted molar refractivity (Wildman–Crippen MR) is 71.8 cm³/mol. The number of hydrogen-bond donors (Lipinski definition) is 1. The Balaban J connectivity index is 2.01. The van der Waals surface area contributed by atoms with Crippen LogP contribution in [-0.4, -0.2) is 15.9 Å². The largest absolute Gasteiger partial charge is 0.309 e. The van der Waals surface area contributed by atoms with Gasteiger partial charge in [0.05, 0.1) is 0 Å². The quantitative estimate of drug-likeness (QED) is 0.847. The molecule has 1 N–H and O–H groups in total. The van der Waals surface area contributed by atoms with E-state index in [9.17, 15) is 4.79 Å². The number of anilines is 1. The summed E-state index contributed by atoms with van der Waals surface area (Å²) in [6.45, 7) is 2.22. The van der Waals surface area contributed by atoms with Crippen molar-refractivity contribution in [1.29, 1.82) is 0 Å². The summed E-state index contributed by atoms with van der Waals surface area (Å²) in [4.78, 5) is 19.7. The van der Waals surface area contributed by atoms with Crippen LogP contribution in [-0.2, 0) is 4.79 Å². The maximum absolute atomic E-state index is 12.1. The summed E-state index contributed by atoms with van der Waals surface area (Å²) in [5.74, 6) is 1.02. The number of carbonyl (C=O) groups excluding carboxylic acids is 1. The molecular weight excluding hydrogens is 273 g/mol. The molecule has 0 aliphatic heterocycles. The molecule has 0 saturated heterocycles. The molecule has 1 aliphatic rings. The third-order valence-electron chi connectivity index (χ3n) is 3.38.